The molecule has 0 unspecified atom stereocenters. The van der Waals surface area contributed by atoms with Gasteiger partial charge in [0.25, 0.3) is 0 Å². The normalized spacial score (nSPS) is 8.31. The Balaban J connectivity index is -0.0000000450. The third kappa shape index (κ3) is 2540. The van der Waals surface area contributed by atoms with Crippen molar-refractivity contribution in [1.82, 2.24) is 0 Å². The van der Waals surface area contributed by atoms with Gasteiger partial charge in [-0.25, -0.2) is 0 Å². The average Bonchev–Trinajstić information content (AvgIpc) is 1.54. The van der Waals surface area contributed by atoms with Gasteiger partial charge in [0.2, 0.25) is 0 Å². The monoisotopic (exact) mass is 270 g/mol. The summed E-state index contributed by atoms with van der Waals surface area (Å²) in [6.45, 7) is 10.3. The summed E-state index contributed by atoms with van der Waals surface area (Å²) in [6.07, 6.45) is -0.500. The van der Waals surface area contributed by atoms with E-state index in [1.165, 1.54) is 0 Å². The average molecular weight is 272 g/mol. The summed E-state index contributed by atoms with van der Waals surface area (Å²) in [7, 11) is 0. The first-order chi connectivity index (χ1) is 5.20. The van der Waals surface area contributed by atoms with E-state index in [0.29, 0.717) is 0 Å². The summed E-state index contributed by atoms with van der Waals surface area (Å²) in [4.78, 5) is 0. The minimum absolute atomic E-state index is 0. The van der Waals surface area contributed by atoms with E-state index in [-0.39, 0.29) is 44.5 Å². The van der Waals surface area contributed by atoms with E-state index in [2.05, 4.69) is 0 Å². The predicted octanol–water partition coefficient (Wildman–Crippen LogP) is 1.16. The molecule has 0 spiro atoms. The van der Waals surface area contributed by atoms with Crippen molar-refractivity contribution in [3.8, 4) is 0 Å². The first-order valence-electron chi connectivity index (χ1n) is 4.24. The molecule has 4 heteroatoms. The Labute approximate surface area is 101 Å². The van der Waals surface area contributed by atoms with E-state index in [1.807, 2.05) is 0 Å². The van der Waals surface area contributed by atoms with Gasteiger partial charge in [0.05, 0.1) is 0 Å². The topological polar surface area (TPSA) is 60.7 Å². The van der Waals surface area contributed by atoms with Gasteiger partial charge in [0, 0.05) is 44.5 Å². The molecule has 0 fully saturated rings. The van der Waals surface area contributed by atoms with Crippen molar-refractivity contribution in [2.24, 2.45) is 0 Å². The Bertz CT molecular complexity index is 43.4. The Morgan fingerprint density at radius 3 is 0.538 bits per heavy atom. The second kappa shape index (κ2) is 18.5. The Morgan fingerprint density at radius 1 is 0.538 bits per heavy atom. The van der Waals surface area contributed by atoms with Crippen LogP contribution >= 0.6 is 0 Å². The van der Waals surface area contributed by atoms with Gasteiger partial charge in [-0.05, 0) is 41.5 Å². The zero-order valence-electron chi connectivity index (χ0n) is 9.57. The number of aliphatic hydroxyl groups is 3. The van der Waals surface area contributed by atoms with Gasteiger partial charge in [-0.1, -0.05) is 0 Å². The van der Waals surface area contributed by atoms with Gasteiger partial charge in [-0.3, -0.25) is 0 Å². The summed E-state index contributed by atoms with van der Waals surface area (Å²) in [5.41, 5.74) is 0. The maximum Gasteiger partial charge on any atom is 0.0483 e. The molecule has 3 N–H and O–H groups in total. The number of hydrogen-bond donors (Lipinski definition) is 3. The van der Waals surface area contributed by atoms with Crippen molar-refractivity contribution in [1.29, 1.82) is 0 Å². The molecule has 0 aromatic rings. The Hall–Kier alpha value is 0.763. The van der Waals surface area contributed by atoms with E-state index >= 15 is 0 Å². The van der Waals surface area contributed by atoms with E-state index < -0.39 is 0 Å². The van der Waals surface area contributed by atoms with E-state index in [9.17, 15) is 0 Å². The summed E-state index contributed by atoms with van der Waals surface area (Å²) in [5.74, 6) is 0. The third-order valence-electron chi connectivity index (χ3n) is 0. The second-order valence-corrected chi connectivity index (χ2v) is 3.28. The van der Waals surface area contributed by atoms with Gasteiger partial charge in [0.1, 0.15) is 0 Å². The molecule has 0 aromatic heterocycles. The smallest absolute Gasteiger partial charge is 0.0483 e. The molecule has 82 valence electrons. The van der Waals surface area contributed by atoms with Gasteiger partial charge >= 0.3 is 0 Å². The molecule has 13 heavy (non-hydrogen) atoms. The Morgan fingerprint density at radius 2 is 0.538 bits per heavy atom. The molecule has 0 heterocycles. The fourth-order valence-electron chi connectivity index (χ4n) is 0. The van der Waals surface area contributed by atoms with E-state index in [0.717, 1.165) is 0 Å². The summed E-state index contributed by atoms with van der Waals surface area (Å²) in [5, 5.41) is 24.2. The van der Waals surface area contributed by atoms with Crippen LogP contribution in [0.25, 0.3) is 0 Å². The van der Waals surface area contributed by atoms with Crippen molar-refractivity contribution >= 4 is 0 Å². The minimum Gasteiger partial charge on any atom is -0.394 e. The third-order valence-corrected chi connectivity index (χ3v) is 0. The minimum atomic E-state index is -0.167. The van der Waals surface area contributed by atoms with Crippen LogP contribution in [0.5, 0.6) is 0 Å². The predicted molar refractivity (Wildman–Crippen MR) is 52.1 cm³/mol. The van der Waals surface area contributed by atoms with Crippen LogP contribution in [0.1, 0.15) is 41.5 Å². The summed E-state index contributed by atoms with van der Waals surface area (Å²) in [6, 6.07) is 0. The van der Waals surface area contributed by atoms with Gasteiger partial charge in [-0.15, -0.1) is 0 Å². The molecular weight excluding hydrogens is 247 g/mol. The quantitative estimate of drug-likeness (QED) is 0.619. The Kier molecular flexibility index (Phi) is 33.5. The molecule has 0 atom stereocenters. The van der Waals surface area contributed by atoms with Crippen molar-refractivity contribution in [2.45, 2.75) is 59.9 Å². The number of hydrogen-bond acceptors (Lipinski definition) is 3. The molecule has 0 aliphatic heterocycles. The maximum atomic E-state index is 8.06. The van der Waals surface area contributed by atoms with Crippen LogP contribution in [0, 0.1) is 0 Å². The molecule has 0 aliphatic rings. The molecule has 0 radical (unpaired) electrons. The van der Waals surface area contributed by atoms with Crippen LogP contribution in [-0.4, -0.2) is 33.6 Å². The summed E-state index contributed by atoms with van der Waals surface area (Å²) >= 11 is 0. The zero-order valence-corrected chi connectivity index (χ0v) is 12.0. The van der Waals surface area contributed by atoms with Crippen molar-refractivity contribution in [2.75, 3.05) is 0 Å². The SMILES string of the molecule is CC(C)O.CC(C)O.CC(C)O.[Zr]. The molecule has 0 saturated heterocycles. The fourth-order valence-corrected chi connectivity index (χ4v) is 0. The van der Waals surface area contributed by atoms with Crippen LogP contribution in [0.15, 0.2) is 0 Å². The molecule has 0 amide bonds. The molecule has 0 bridgehead atoms. The van der Waals surface area contributed by atoms with Crippen molar-refractivity contribution < 1.29 is 41.5 Å². The van der Waals surface area contributed by atoms with Gasteiger partial charge in [0.15, 0.2) is 0 Å². The van der Waals surface area contributed by atoms with E-state index in [4.69, 9.17) is 15.3 Å². The van der Waals surface area contributed by atoms with Crippen LogP contribution < -0.4 is 0 Å². The second-order valence-electron chi connectivity index (χ2n) is 3.28. The van der Waals surface area contributed by atoms with Gasteiger partial charge < -0.3 is 15.3 Å². The first-order valence-corrected chi connectivity index (χ1v) is 4.24. The first kappa shape index (κ1) is 23.5. The number of aliphatic hydroxyl groups excluding tert-OH is 3. The van der Waals surface area contributed by atoms with Crippen molar-refractivity contribution in [3.63, 3.8) is 0 Å². The van der Waals surface area contributed by atoms with Crippen LogP contribution in [0.3, 0.4) is 0 Å². The standard InChI is InChI=1S/3C3H8O.Zr/c3*1-3(2)4;/h3*3-4H,1-2H3;. The van der Waals surface area contributed by atoms with Crippen LogP contribution in [0.4, 0.5) is 0 Å². The maximum absolute atomic E-state index is 8.06. The molecular formula is C9H24O3Zr. The molecule has 0 aromatic carbocycles. The largest absolute Gasteiger partial charge is 0.394 e. The summed E-state index contributed by atoms with van der Waals surface area (Å²) < 4.78 is 0. The fraction of sp³-hybridized carbons (Fsp3) is 1.00. The molecule has 0 saturated carbocycles. The van der Waals surface area contributed by atoms with Gasteiger partial charge in [-0.2, -0.15) is 0 Å². The molecule has 0 aliphatic carbocycles. The van der Waals surface area contributed by atoms with E-state index in [1.54, 1.807) is 41.5 Å². The van der Waals surface area contributed by atoms with Crippen LogP contribution in [-0.2, 0) is 26.2 Å². The zero-order chi connectivity index (χ0) is 10.7. The van der Waals surface area contributed by atoms with Crippen LogP contribution in [0.2, 0.25) is 0 Å². The molecule has 0 rings (SSSR count). The molecule has 3 nitrogen and oxygen atoms in total. The van der Waals surface area contributed by atoms with Crippen molar-refractivity contribution in [3.05, 3.63) is 0 Å². The number of rotatable bonds is 0.